The molecule has 1 aliphatic heterocycles. The lowest BCUT2D eigenvalue weighted by Gasteiger charge is -2.18. The number of rotatable bonds is 5. The predicted octanol–water partition coefficient (Wildman–Crippen LogP) is 2.82. The number of hydrogen-bond acceptors (Lipinski definition) is 5. The molecule has 0 saturated carbocycles. The Morgan fingerprint density at radius 3 is 2.56 bits per heavy atom. The number of hydrogen-bond donors (Lipinski definition) is 1. The molecule has 0 radical (unpaired) electrons. The number of nitrogens with zero attached hydrogens (tertiary/aromatic N) is 3. The molecule has 1 aliphatic rings. The molecule has 1 N–H and O–H groups in total. The van der Waals surface area contributed by atoms with Gasteiger partial charge in [0.25, 0.3) is 11.8 Å². The molecule has 8 heteroatoms. The molecule has 162 valence electrons. The summed E-state index contributed by atoms with van der Waals surface area (Å²) in [7, 11) is 3.06. The van der Waals surface area contributed by atoms with E-state index < -0.39 is 11.9 Å². The first-order valence-corrected chi connectivity index (χ1v) is 9.87. The molecule has 0 aliphatic carbocycles. The summed E-state index contributed by atoms with van der Waals surface area (Å²) in [5.41, 5.74) is 4.86. The van der Waals surface area contributed by atoms with E-state index in [0.29, 0.717) is 5.56 Å². The van der Waals surface area contributed by atoms with Crippen molar-refractivity contribution in [3.05, 3.63) is 77.8 Å². The molecule has 4 rings (SSSR count). The summed E-state index contributed by atoms with van der Waals surface area (Å²) in [4.78, 5) is 38.4. The maximum atomic E-state index is 13.1. The minimum atomic E-state index is -0.772. The molecule has 0 spiro atoms. The lowest BCUT2D eigenvalue weighted by molar-refractivity contribution is -0.137. The number of aryl methyl sites for hydroxylation is 2. The Morgan fingerprint density at radius 2 is 1.84 bits per heavy atom. The van der Waals surface area contributed by atoms with Crippen LogP contribution in [-0.4, -0.2) is 39.6 Å². The highest BCUT2D eigenvalue weighted by Crippen LogP contribution is 2.37. The molecule has 3 aromatic rings. The number of amides is 2. The summed E-state index contributed by atoms with van der Waals surface area (Å²) in [6.45, 7) is 9.44. The van der Waals surface area contributed by atoms with Crippen LogP contribution in [0.5, 0.6) is 0 Å². The summed E-state index contributed by atoms with van der Waals surface area (Å²) in [6, 6.07) is 9.47. The smallest absolute Gasteiger partial charge is 0.353 e. The van der Waals surface area contributed by atoms with Crippen LogP contribution in [0, 0.1) is 6.92 Å². The van der Waals surface area contributed by atoms with E-state index in [4.69, 9.17) is 0 Å². The van der Waals surface area contributed by atoms with E-state index in [1.165, 1.54) is 12.0 Å². The average molecular weight is 430 g/mol. The summed E-state index contributed by atoms with van der Waals surface area (Å²) in [6.07, 6.45) is 1.97. The van der Waals surface area contributed by atoms with Gasteiger partial charge in [0.05, 0.1) is 19.2 Å². The van der Waals surface area contributed by atoms with Crippen molar-refractivity contribution in [1.29, 1.82) is 0 Å². The minimum Gasteiger partial charge on any atom is -0.464 e. The lowest BCUT2D eigenvalue weighted by Crippen LogP contribution is -2.36. The molecular weight excluding hydrogens is 408 g/mol. The third kappa shape index (κ3) is 3.35. The van der Waals surface area contributed by atoms with Crippen molar-refractivity contribution in [2.24, 2.45) is 7.05 Å². The normalized spacial score (nSPS) is 12.6. The van der Waals surface area contributed by atoms with Gasteiger partial charge in [-0.15, -0.1) is 0 Å². The van der Waals surface area contributed by atoms with Gasteiger partial charge in [-0.1, -0.05) is 31.4 Å². The Hall–Kier alpha value is -4.20. The third-order valence-electron chi connectivity index (χ3n) is 5.62. The van der Waals surface area contributed by atoms with E-state index >= 15 is 0 Å². The number of aromatic nitrogens is 2. The summed E-state index contributed by atoms with van der Waals surface area (Å²) in [5.74, 6) is -1.80. The van der Waals surface area contributed by atoms with Gasteiger partial charge in [0.1, 0.15) is 11.4 Å². The fourth-order valence-electron chi connectivity index (χ4n) is 3.95. The van der Waals surface area contributed by atoms with Crippen LogP contribution in [0.4, 0.5) is 0 Å². The first-order chi connectivity index (χ1) is 15.2. The Labute approximate surface area is 184 Å². The Bertz CT molecular complexity index is 1340. The highest BCUT2D eigenvalue weighted by atomic mass is 16.5. The van der Waals surface area contributed by atoms with E-state index in [1.807, 2.05) is 44.4 Å². The Morgan fingerprint density at radius 1 is 1.12 bits per heavy atom. The van der Waals surface area contributed by atoms with Crippen LogP contribution >= 0.6 is 0 Å². The van der Waals surface area contributed by atoms with Crippen molar-refractivity contribution >= 4 is 28.7 Å². The van der Waals surface area contributed by atoms with Gasteiger partial charge in [0, 0.05) is 24.2 Å². The van der Waals surface area contributed by atoms with Gasteiger partial charge in [-0.3, -0.25) is 19.2 Å². The minimum absolute atomic E-state index is 0.0818. The average Bonchev–Trinajstić information content (AvgIpc) is 3.33. The molecule has 0 bridgehead atoms. The van der Waals surface area contributed by atoms with E-state index in [2.05, 4.69) is 28.3 Å². The van der Waals surface area contributed by atoms with Gasteiger partial charge in [0.15, 0.2) is 0 Å². The van der Waals surface area contributed by atoms with E-state index in [9.17, 15) is 14.4 Å². The largest absolute Gasteiger partial charge is 0.464 e. The number of ether oxygens (including phenoxy) is 1. The van der Waals surface area contributed by atoms with Gasteiger partial charge in [-0.05, 0) is 41.3 Å². The molecule has 0 atom stereocenters. The number of methoxy groups -OCH3 is 1. The van der Waals surface area contributed by atoms with Gasteiger partial charge in [-0.2, -0.15) is 5.10 Å². The third-order valence-corrected chi connectivity index (χ3v) is 5.62. The van der Waals surface area contributed by atoms with Crippen LogP contribution < -0.4 is 5.32 Å². The molecule has 0 fully saturated rings. The van der Waals surface area contributed by atoms with Crippen LogP contribution in [0.2, 0.25) is 0 Å². The van der Waals surface area contributed by atoms with Crippen LogP contribution in [0.25, 0.3) is 22.0 Å². The SMILES string of the molecule is C=C(NC(=O)C(=C)N1Cc2c(cccc2-c2ccc3nn(C)cc3c2C)C1=O)C(=O)OC. The number of nitrogens with one attached hydrogen (secondary N) is 1. The van der Waals surface area contributed by atoms with Crippen LogP contribution in [0.15, 0.2) is 61.1 Å². The predicted molar refractivity (Wildman–Crippen MR) is 119 cm³/mol. The van der Waals surface area contributed by atoms with Gasteiger partial charge in [0.2, 0.25) is 0 Å². The number of fused-ring (bicyclic) bond motifs is 2. The fraction of sp³-hybridized carbons (Fsp3) is 0.167. The molecule has 2 amide bonds. The molecule has 2 heterocycles. The van der Waals surface area contributed by atoms with Gasteiger partial charge in [-0.25, -0.2) is 4.79 Å². The maximum Gasteiger partial charge on any atom is 0.353 e. The number of carbonyl (C=O) groups excluding carboxylic acids is 3. The maximum absolute atomic E-state index is 13.1. The standard InChI is InChI=1S/C24H22N4O4/c1-13-16(9-10-21-19(13)11-27(4)26-21)17-7-6-8-18-20(17)12-28(23(18)30)15(3)22(29)25-14(2)24(31)32-5/h6-11H,2-3,12H2,1,4-5H3,(H,25,29). The molecule has 1 aromatic heterocycles. The first kappa shape index (κ1) is 21.0. The summed E-state index contributed by atoms with van der Waals surface area (Å²) in [5, 5.41) is 7.81. The lowest BCUT2D eigenvalue weighted by atomic mass is 9.92. The second-order valence-electron chi connectivity index (χ2n) is 7.57. The highest BCUT2D eigenvalue weighted by Gasteiger charge is 2.34. The second-order valence-corrected chi connectivity index (χ2v) is 7.57. The van der Waals surface area contributed by atoms with E-state index in [-0.39, 0.29) is 23.8 Å². The topological polar surface area (TPSA) is 93.5 Å². The fourth-order valence-corrected chi connectivity index (χ4v) is 3.95. The molecule has 2 aromatic carbocycles. The highest BCUT2D eigenvalue weighted by molar-refractivity contribution is 6.08. The zero-order valence-electron chi connectivity index (χ0n) is 18.1. The van der Waals surface area contributed by atoms with Crippen molar-refractivity contribution in [3.63, 3.8) is 0 Å². The van der Waals surface area contributed by atoms with Crippen molar-refractivity contribution in [1.82, 2.24) is 20.0 Å². The van der Waals surface area contributed by atoms with E-state index in [0.717, 1.165) is 33.2 Å². The van der Waals surface area contributed by atoms with Gasteiger partial charge < -0.3 is 10.1 Å². The van der Waals surface area contributed by atoms with Crippen LogP contribution in [0.1, 0.15) is 21.5 Å². The van der Waals surface area contributed by atoms with Crippen LogP contribution in [0.3, 0.4) is 0 Å². The van der Waals surface area contributed by atoms with Crippen molar-refractivity contribution in [2.75, 3.05) is 7.11 Å². The summed E-state index contributed by atoms with van der Waals surface area (Å²) < 4.78 is 6.30. The number of carbonyl (C=O) groups is 3. The van der Waals surface area contributed by atoms with Crippen molar-refractivity contribution in [3.8, 4) is 11.1 Å². The molecule has 32 heavy (non-hydrogen) atoms. The van der Waals surface area contributed by atoms with Crippen molar-refractivity contribution < 1.29 is 19.1 Å². The summed E-state index contributed by atoms with van der Waals surface area (Å²) >= 11 is 0. The zero-order valence-corrected chi connectivity index (χ0v) is 18.1. The quantitative estimate of drug-likeness (QED) is 0.496. The first-order valence-electron chi connectivity index (χ1n) is 9.87. The number of benzene rings is 2. The molecular formula is C24H22N4O4. The van der Waals surface area contributed by atoms with Crippen LogP contribution in [-0.2, 0) is 27.9 Å². The molecule has 0 saturated heterocycles. The Kier molecular flexibility index (Phi) is 5.14. The van der Waals surface area contributed by atoms with Gasteiger partial charge >= 0.3 is 5.97 Å². The monoisotopic (exact) mass is 430 g/mol. The number of esters is 1. The second kappa shape index (κ2) is 7.81. The molecule has 8 nitrogen and oxygen atoms in total. The molecule has 0 unspecified atom stereocenters. The zero-order chi connectivity index (χ0) is 23.2. The van der Waals surface area contributed by atoms with Crippen molar-refractivity contribution in [2.45, 2.75) is 13.5 Å². The Balaban J connectivity index is 1.67. The van der Waals surface area contributed by atoms with E-state index in [1.54, 1.807) is 10.7 Å².